The number of phenols is 2. The third-order valence-corrected chi connectivity index (χ3v) is 6.17. The zero-order valence-corrected chi connectivity index (χ0v) is 20.7. The second-order valence-electron chi connectivity index (χ2n) is 9.30. The molecule has 2 N–H and O–H groups in total. The highest BCUT2D eigenvalue weighted by molar-refractivity contribution is 5.75. The summed E-state index contributed by atoms with van der Waals surface area (Å²) in [6.07, 6.45) is 4.97. The molecule has 4 nitrogen and oxygen atoms in total. The molecule has 0 bridgehead atoms. The van der Waals surface area contributed by atoms with Gasteiger partial charge < -0.3 is 10.2 Å². The van der Waals surface area contributed by atoms with E-state index in [-0.39, 0.29) is 0 Å². The highest BCUT2D eigenvalue weighted by Crippen LogP contribution is 2.38. The minimum absolute atomic E-state index is 0.295. The topological polar surface area (TPSA) is 46.9 Å². The van der Waals surface area contributed by atoms with Crippen molar-refractivity contribution in [3.63, 3.8) is 0 Å². The van der Waals surface area contributed by atoms with E-state index in [2.05, 4.69) is 63.8 Å². The largest absolute Gasteiger partial charge is 0.507 e. The van der Waals surface area contributed by atoms with Gasteiger partial charge in [0.2, 0.25) is 0 Å². The van der Waals surface area contributed by atoms with Crippen LogP contribution < -0.4 is 0 Å². The summed E-state index contributed by atoms with van der Waals surface area (Å²) in [4.78, 5) is 4.40. The predicted molar refractivity (Wildman–Crippen MR) is 136 cm³/mol. The van der Waals surface area contributed by atoms with Gasteiger partial charge in [0.15, 0.2) is 0 Å². The molecule has 2 aromatic rings. The first-order chi connectivity index (χ1) is 15.1. The van der Waals surface area contributed by atoms with Crippen molar-refractivity contribution in [1.82, 2.24) is 9.80 Å². The van der Waals surface area contributed by atoms with Gasteiger partial charge in [-0.2, -0.15) is 0 Å². The van der Waals surface area contributed by atoms with E-state index in [1.54, 1.807) is 6.08 Å². The Morgan fingerprint density at radius 2 is 1.25 bits per heavy atom. The number of rotatable bonds is 11. The molecular formula is C28H40N2O2. The maximum Gasteiger partial charge on any atom is 0.127 e. The number of hydrogen-bond donors (Lipinski definition) is 2. The van der Waals surface area contributed by atoms with E-state index < -0.39 is 0 Å². The van der Waals surface area contributed by atoms with Gasteiger partial charge in [-0.1, -0.05) is 18.2 Å². The van der Waals surface area contributed by atoms with Crippen LogP contribution in [-0.2, 0) is 25.9 Å². The first kappa shape index (κ1) is 25.7. The second kappa shape index (κ2) is 11.3. The summed E-state index contributed by atoms with van der Waals surface area (Å²) in [6, 6.07) is 8.80. The number of nitrogens with zero attached hydrogens (tertiary/aromatic N) is 2. The molecule has 0 aliphatic rings. The quantitative estimate of drug-likeness (QED) is 0.430. The Labute approximate surface area is 194 Å². The maximum atomic E-state index is 11.3. The fraction of sp³-hybridized carbons (Fsp3) is 0.429. The number of phenolic OH excluding ortho intramolecular Hbond substituents is 2. The number of hydrogen-bond acceptors (Lipinski definition) is 4. The molecule has 0 fully saturated rings. The summed E-state index contributed by atoms with van der Waals surface area (Å²) in [5.74, 6) is 0.603. The molecule has 2 aromatic carbocycles. The summed E-state index contributed by atoms with van der Waals surface area (Å²) in [5, 5.41) is 22.2. The van der Waals surface area contributed by atoms with Gasteiger partial charge in [-0.15, -0.1) is 13.2 Å². The van der Waals surface area contributed by atoms with Crippen molar-refractivity contribution < 1.29 is 10.2 Å². The van der Waals surface area contributed by atoms with E-state index in [0.717, 1.165) is 39.8 Å². The Hall–Kier alpha value is -2.56. The van der Waals surface area contributed by atoms with Gasteiger partial charge in [-0.25, -0.2) is 0 Å². The molecule has 0 aliphatic heterocycles. The zero-order chi connectivity index (χ0) is 24.0. The van der Waals surface area contributed by atoms with E-state index in [1.807, 2.05) is 31.3 Å². The molecule has 32 heavy (non-hydrogen) atoms. The summed E-state index contributed by atoms with van der Waals surface area (Å²) in [7, 11) is 4.11. The SMILES string of the molecule is C=CCc1cc(CN(C)C(C)C)c(O)c(-c2cc(CC=C)c(O)c(CN(C)C(C)C)c2)c1. The standard InChI is InChI=1S/C28H40N2O2/c1-9-11-21-13-24(17-29(7)19(3)4)28(32)26(14-21)23-15-22(12-10-2)27(31)25(16-23)18-30(8)20(5)6/h9-10,13-16,19-20,31-32H,1-2,11-12,17-18H2,3-8H3. The summed E-state index contributed by atoms with van der Waals surface area (Å²) >= 11 is 0. The van der Waals surface area contributed by atoms with Crippen LogP contribution in [0, 0.1) is 0 Å². The number of allylic oxidation sites excluding steroid dienone is 2. The predicted octanol–water partition coefficient (Wildman–Crippen LogP) is 5.90. The molecule has 4 heteroatoms. The minimum atomic E-state index is 0.295. The van der Waals surface area contributed by atoms with Crippen LogP contribution in [0.5, 0.6) is 11.5 Å². The molecule has 0 aliphatic carbocycles. The lowest BCUT2D eigenvalue weighted by Gasteiger charge is -2.24. The lowest BCUT2D eigenvalue weighted by atomic mass is 9.92. The fourth-order valence-electron chi connectivity index (χ4n) is 3.64. The molecule has 174 valence electrons. The highest BCUT2D eigenvalue weighted by Gasteiger charge is 2.18. The Balaban J connectivity index is 2.68. The van der Waals surface area contributed by atoms with Crippen LogP contribution in [0.2, 0.25) is 0 Å². The highest BCUT2D eigenvalue weighted by atomic mass is 16.3. The summed E-state index contributed by atoms with van der Waals surface area (Å²) in [5.41, 5.74) is 5.37. The van der Waals surface area contributed by atoms with Crippen molar-refractivity contribution >= 4 is 0 Å². The first-order valence-corrected chi connectivity index (χ1v) is 11.4. The van der Waals surface area contributed by atoms with Crippen molar-refractivity contribution in [2.24, 2.45) is 0 Å². The first-order valence-electron chi connectivity index (χ1n) is 11.4. The van der Waals surface area contributed by atoms with Crippen LogP contribution in [0.25, 0.3) is 11.1 Å². The minimum Gasteiger partial charge on any atom is -0.507 e. The van der Waals surface area contributed by atoms with Crippen molar-refractivity contribution in [2.75, 3.05) is 14.1 Å². The van der Waals surface area contributed by atoms with Gasteiger partial charge in [0, 0.05) is 41.9 Å². The zero-order valence-electron chi connectivity index (χ0n) is 20.7. The lowest BCUT2D eigenvalue weighted by Crippen LogP contribution is -2.25. The molecule has 0 aromatic heterocycles. The van der Waals surface area contributed by atoms with E-state index >= 15 is 0 Å². The monoisotopic (exact) mass is 436 g/mol. The normalized spacial score (nSPS) is 11.7. The van der Waals surface area contributed by atoms with Gasteiger partial charge in [-0.3, -0.25) is 9.80 Å². The Kier molecular flexibility index (Phi) is 9.11. The van der Waals surface area contributed by atoms with Crippen LogP contribution >= 0.6 is 0 Å². The fourth-order valence-corrected chi connectivity index (χ4v) is 3.64. The Bertz CT molecular complexity index is 947. The number of aromatic hydroxyl groups is 2. The molecule has 0 radical (unpaired) electrons. The van der Waals surface area contributed by atoms with Crippen molar-refractivity contribution in [1.29, 1.82) is 0 Å². The van der Waals surface area contributed by atoms with Crippen molar-refractivity contribution in [3.8, 4) is 22.6 Å². The molecule has 0 spiro atoms. The summed E-state index contributed by atoms with van der Waals surface area (Å²) in [6.45, 7) is 17.6. The van der Waals surface area contributed by atoms with E-state index in [1.165, 1.54) is 0 Å². The molecule has 0 atom stereocenters. The lowest BCUT2D eigenvalue weighted by molar-refractivity contribution is 0.262. The smallest absolute Gasteiger partial charge is 0.127 e. The van der Waals surface area contributed by atoms with Gasteiger partial charge in [0.05, 0.1) is 0 Å². The molecule has 0 amide bonds. The Morgan fingerprint density at radius 3 is 1.75 bits per heavy atom. The third kappa shape index (κ3) is 6.24. The molecule has 0 saturated heterocycles. The van der Waals surface area contributed by atoms with Gasteiger partial charge in [0.1, 0.15) is 11.5 Å². The molecular weight excluding hydrogens is 396 g/mol. The molecule has 0 heterocycles. The van der Waals surface area contributed by atoms with Gasteiger partial charge >= 0.3 is 0 Å². The summed E-state index contributed by atoms with van der Waals surface area (Å²) < 4.78 is 0. The van der Waals surface area contributed by atoms with Crippen molar-refractivity contribution in [3.05, 3.63) is 71.8 Å². The van der Waals surface area contributed by atoms with Crippen LogP contribution in [0.4, 0.5) is 0 Å². The third-order valence-electron chi connectivity index (χ3n) is 6.17. The van der Waals surface area contributed by atoms with Crippen LogP contribution in [0.15, 0.2) is 49.6 Å². The second-order valence-corrected chi connectivity index (χ2v) is 9.30. The van der Waals surface area contributed by atoms with Crippen LogP contribution in [0.1, 0.15) is 49.9 Å². The molecule has 0 saturated carbocycles. The van der Waals surface area contributed by atoms with Crippen LogP contribution in [-0.4, -0.2) is 46.2 Å². The Morgan fingerprint density at radius 1 is 0.750 bits per heavy atom. The van der Waals surface area contributed by atoms with E-state index in [0.29, 0.717) is 43.1 Å². The van der Waals surface area contributed by atoms with Gasteiger partial charge in [0.25, 0.3) is 0 Å². The van der Waals surface area contributed by atoms with Gasteiger partial charge in [-0.05, 0) is 89.5 Å². The van der Waals surface area contributed by atoms with Crippen molar-refractivity contribution in [2.45, 2.75) is 65.7 Å². The average molecular weight is 437 g/mol. The van der Waals surface area contributed by atoms with Crippen LogP contribution in [0.3, 0.4) is 0 Å². The van der Waals surface area contributed by atoms with E-state index in [4.69, 9.17) is 0 Å². The maximum absolute atomic E-state index is 11.3. The number of benzene rings is 2. The molecule has 0 unspecified atom stereocenters. The average Bonchev–Trinajstić information content (AvgIpc) is 2.73. The van der Waals surface area contributed by atoms with E-state index in [9.17, 15) is 10.2 Å². The molecule has 2 rings (SSSR count).